The molecule has 3 rings (SSSR count). The Bertz CT molecular complexity index is 432. The molecule has 17 heavy (non-hydrogen) atoms. The van der Waals surface area contributed by atoms with Crippen LogP contribution in [0.1, 0.15) is 31.0 Å². The Kier molecular flexibility index (Phi) is 2.59. The van der Waals surface area contributed by atoms with E-state index < -0.39 is 0 Å². The zero-order valence-corrected chi connectivity index (χ0v) is 9.53. The van der Waals surface area contributed by atoms with Crippen LogP contribution in [0.3, 0.4) is 0 Å². The third-order valence-electron chi connectivity index (χ3n) is 3.64. The first-order valence-corrected chi connectivity index (χ1v) is 6.07. The third-order valence-corrected chi connectivity index (χ3v) is 3.64. The number of nitrogens with zero attached hydrogens (tertiary/aromatic N) is 1. The van der Waals surface area contributed by atoms with Gasteiger partial charge in [-0.05, 0) is 30.5 Å². The molecule has 3 nitrogen and oxygen atoms in total. The molecular formula is C13H15FN2O. The normalized spacial score (nSPS) is 28.9. The summed E-state index contributed by atoms with van der Waals surface area (Å²) in [7, 11) is 0. The number of fused-ring (bicyclic) bond motifs is 1. The predicted octanol–water partition coefficient (Wildman–Crippen LogP) is 1.81. The lowest BCUT2D eigenvalue weighted by Gasteiger charge is -2.31. The Morgan fingerprint density at radius 1 is 1.24 bits per heavy atom. The maximum absolute atomic E-state index is 12.9. The number of piperidine rings is 1. The van der Waals surface area contributed by atoms with Gasteiger partial charge in [0.2, 0.25) is 5.91 Å². The molecule has 2 aliphatic rings. The molecule has 1 aromatic carbocycles. The molecule has 0 aromatic heterocycles. The monoisotopic (exact) mass is 234 g/mol. The Morgan fingerprint density at radius 3 is 2.76 bits per heavy atom. The summed E-state index contributed by atoms with van der Waals surface area (Å²) in [6.07, 6.45) is 3.10. The summed E-state index contributed by atoms with van der Waals surface area (Å²) in [6.45, 7) is 0.936. The van der Waals surface area contributed by atoms with Crippen molar-refractivity contribution in [2.24, 2.45) is 0 Å². The number of hydrogen-bond donors (Lipinski definition) is 1. The van der Waals surface area contributed by atoms with Crippen molar-refractivity contribution in [3.8, 4) is 0 Å². The van der Waals surface area contributed by atoms with Crippen LogP contribution in [-0.2, 0) is 4.79 Å². The zero-order valence-electron chi connectivity index (χ0n) is 9.53. The molecule has 1 N–H and O–H groups in total. The van der Waals surface area contributed by atoms with Gasteiger partial charge in [-0.25, -0.2) is 4.39 Å². The van der Waals surface area contributed by atoms with Crippen LogP contribution < -0.4 is 5.32 Å². The standard InChI is InChI=1S/C13H15FN2O/c14-10-6-4-9(5-7-10)12-15-13(17)11-3-1-2-8-16(11)12/h4-7,11-12H,1-3,8H2,(H,15,17). The van der Waals surface area contributed by atoms with Gasteiger partial charge < -0.3 is 5.32 Å². The maximum atomic E-state index is 12.9. The molecule has 4 heteroatoms. The maximum Gasteiger partial charge on any atom is 0.238 e. The van der Waals surface area contributed by atoms with Crippen LogP contribution in [0.15, 0.2) is 24.3 Å². The Labute approximate surface area is 99.6 Å². The van der Waals surface area contributed by atoms with Crippen molar-refractivity contribution < 1.29 is 9.18 Å². The molecule has 2 heterocycles. The van der Waals surface area contributed by atoms with E-state index in [1.54, 1.807) is 12.1 Å². The highest BCUT2D eigenvalue weighted by atomic mass is 19.1. The van der Waals surface area contributed by atoms with Crippen LogP contribution in [0.25, 0.3) is 0 Å². The van der Waals surface area contributed by atoms with Crippen LogP contribution in [0.2, 0.25) is 0 Å². The van der Waals surface area contributed by atoms with Crippen LogP contribution in [0.5, 0.6) is 0 Å². The minimum atomic E-state index is -0.242. The van der Waals surface area contributed by atoms with E-state index in [-0.39, 0.29) is 23.9 Å². The third kappa shape index (κ3) is 1.82. The first kappa shape index (κ1) is 10.7. The van der Waals surface area contributed by atoms with Crippen LogP contribution in [0, 0.1) is 5.82 Å². The highest BCUT2D eigenvalue weighted by Crippen LogP contribution is 2.31. The zero-order chi connectivity index (χ0) is 11.8. The number of carbonyl (C=O) groups excluding carboxylic acids is 1. The second-order valence-corrected chi connectivity index (χ2v) is 4.71. The van der Waals surface area contributed by atoms with E-state index in [2.05, 4.69) is 10.2 Å². The summed E-state index contributed by atoms with van der Waals surface area (Å²) in [5.74, 6) is -0.132. The van der Waals surface area contributed by atoms with Crippen molar-refractivity contribution in [1.29, 1.82) is 0 Å². The molecule has 0 radical (unpaired) electrons. The van der Waals surface area contributed by atoms with E-state index in [0.717, 1.165) is 31.4 Å². The molecule has 1 aromatic rings. The average molecular weight is 234 g/mol. The molecule has 1 amide bonds. The number of nitrogens with one attached hydrogen (secondary N) is 1. The van der Waals surface area contributed by atoms with Crippen molar-refractivity contribution in [2.45, 2.75) is 31.5 Å². The molecule has 0 saturated carbocycles. The molecule has 0 spiro atoms. The lowest BCUT2D eigenvalue weighted by Crippen LogP contribution is -2.38. The van der Waals surface area contributed by atoms with Gasteiger partial charge in [0.1, 0.15) is 12.0 Å². The summed E-state index contributed by atoms with van der Waals surface area (Å²) in [6, 6.07) is 6.39. The minimum absolute atomic E-state index is 0.0128. The average Bonchev–Trinajstić information content (AvgIpc) is 2.69. The molecular weight excluding hydrogens is 219 g/mol. The fourth-order valence-electron chi connectivity index (χ4n) is 2.78. The second-order valence-electron chi connectivity index (χ2n) is 4.71. The van der Waals surface area contributed by atoms with E-state index in [1.165, 1.54) is 12.1 Å². The molecule has 2 fully saturated rings. The summed E-state index contributed by atoms with van der Waals surface area (Å²) in [5, 5.41) is 3.00. The highest BCUT2D eigenvalue weighted by Gasteiger charge is 2.41. The molecule has 2 aliphatic heterocycles. The Hall–Kier alpha value is -1.42. The number of carbonyl (C=O) groups is 1. The molecule has 2 atom stereocenters. The molecule has 2 saturated heterocycles. The predicted molar refractivity (Wildman–Crippen MR) is 61.6 cm³/mol. The van der Waals surface area contributed by atoms with Gasteiger partial charge in [-0.2, -0.15) is 0 Å². The van der Waals surface area contributed by atoms with Gasteiger partial charge in [-0.3, -0.25) is 9.69 Å². The summed E-state index contributed by atoms with van der Waals surface area (Å²) >= 11 is 0. The minimum Gasteiger partial charge on any atom is -0.335 e. The molecule has 90 valence electrons. The first-order chi connectivity index (χ1) is 8.25. The van der Waals surface area contributed by atoms with Crippen molar-refractivity contribution >= 4 is 5.91 Å². The van der Waals surface area contributed by atoms with Gasteiger partial charge in [0, 0.05) is 6.54 Å². The van der Waals surface area contributed by atoms with Crippen LogP contribution in [-0.4, -0.2) is 23.4 Å². The number of benzene rings is 1. The highest BCUT2D eigenvalue weighted by molar-refractivity contribution is 5.84. The second kappa shape index (κ2) is 4.11. The summed E-state index contributed by atoms with van der Waals surface area (Å²) in [4.78, 5) is 14.0. The van der Waals surface area contributed by atoms with E-state index in [0.29, 0.717) is 0 Å². The summed E-state index contributed by atoms with van der Waals surface area (Å²) in [5.41, 5.74) is 0.962. The van der Waals surface area contributed by atoms with Gasteiger partial charge in [-0.1, -0.05) is 18.6 Å². The topological polar surface area (TPSA) is 32.3 Å². The van der Waals surface area contributed by atoms with E-state index >= 15 is 0 Å². The van der Waals surface area contributed by atoms with Crippen molar-refractivity contribution in [3.05, 3.63) is 35.6 Å². The number of rotatable bonds is 1. The Morgan fingerprint density at radius 2 is 2.00 bits per heavy atom. The van der Waals surface area contributed by atoms with E-state index in [1.807, 2.05) is 0 Å². The molecule has 2 unspecified atom stereocenters. The van der Waals surface area contributed by atoms with Crippen molar-refractivity contribution in [3.63, 3.8) is 0 Å². The van der Waals surface area contributed by atoms with Gasteiger partial charge in [0.05, 0.1) is 6.04 Å². The summed E-state index contributed by atoms with van der Waals surface area (Å²) < 4.78 is 12.9. The first-order valence-electron chi connectivity index (χ1n) is 6.07. The number of hydrogen-bond acceptors (Lipinski definition) is 2. The quantitative estimate of drug-likeness (QED) is 0.803. The van der Waals surface area contributed by atoms with Crippen molar-refractivity contribution in [2.75, 3.05) is 6.54 Å². The SMILES string of the molecule is O=C1NC(c2ccc(F)cc2)N2CCCCC12. The molecule has 0 bridgehead atoms. The van der Waals surface area contributed by atoms with E-state index in [9.17, 15) is 9.18 Å². The molecule has 0 aliphatic carbocycles. The smallest absolute Gasteiger partial charge is 0.238 e. The number of amides is 1. The van der Waals surface area contributed by atoms with Crippen LogP contribution >= 0.6 is 0 Å². The van der Waals surface area contributed by atoms with E-state index in [4.69, 9.17) is 0 Å². The lowest BCUT2D eigenvalue weighted by molar-refractivity contribution is -0.122. The van der Waals surface area contributed by atoms with Crippen molar-refractivity contribution in [1.82, 2.24) is 10.2 Å². The largest absolute Gasteiger partial charge is 0.335 e. The van der Waals surface area contributed by atoms with Crippen LogP contribution in [0.4, 0.5) is 4.39 Å². The van der Waals surface area contributed by atoms with Gasteiger partial charge in [-0.15, -0.1) is 0 Å². The number of halogens is 1. The fourth-order valence-corrected chi connectivity index (χ4v) is 2.78. The lowest BCUT2D eigenvalue weighted by atomic mass is 10.0. The Balaban J connectivity index is 1.88. The fraction of sp³-hybridized carbons (Fsp3) is 0.462. The van der Waals surface area contributed by atoms with Gasteiger partial charge >= 0.3 is 0 Å². The van der Waals surface area contributed by atoms with Gasteiger partial charge in [0.15, 0.2) is 0 Å². The van der Waals surface area contributed by atoms with Gasteiger partial charge in [0.25, 0.3) is 0 Å².